The number of carboxylic acid groups (broad SMARTS) is 1. The molecule has 2 rings (SSSR count). The Morgan fingerprint density at radius 2 is 1.92 bits per heavy atom. The van der Waals surface area contributed by atoms with Crippen LogP contribution in [0.2, 0.25) is 0 Å². The average molecular weight is 358 g/mol. The summed E-state index contributed by atoms with van der Waals surface area (Å²) < 4.78 is 10.9. The molecule has 0 spiro atoms. The molecule has 0 saturated carbocycles. The zero-order valence-corrected chi connectivity index (χ0v) is 13.3. The van der Waals surface area contributed by atoms with Gasteiger partial charge in [-0.05, 0) is 24.1 Å². The van der Waals surface area contributed by atoms with Gasteiger partial charge in [-0.25, -0.2) is 0 Å². The molecule has 1 aromatic carbocycles. The molecular weight excluding hydrogens is 336 g/mol. The summed E-state index contributed by atoms with van der Waals surface area (Å²) in [5.41, 5.74) is 0.457. The van der Waals surface area contributed by atoms with Crippen molar-refractivity contribution < 1.29 is 44.9 Å². The molecule has 0 aliphatic carbocycles. The number of phenols is 1. The summed E-state index contributed by atoms with van der Waals surface area (Å²) in [6, 6.07) is 5.98. The van der Waals surface area contributed by atoms with Gasteiger partial charge in [0.25, 0.3) is 0 Å². The molecule has 6 atom stereocenters. The molecule has 1 aliphatic heterocycles. The SMILES string of the molecule is O=C(O)CCC(OC1OC(CO)C(O)C(O)C1O)c1cccc(O)c1. The Morgan fingerprint density at radius 1 is 1.20 bits per heavy atom. The molecule has 140 valence electrons. The van der Waals surface area contributed by atoms with Crippen molar-refractivity contribution in [1.29, 1.82) is 0 Å². The number of ether oxygens (including phenoxy) is 2. The van der Waals surface area contributed by atoms with Crippen LogP contribution in [0.4, 0.5) is 0 Å². The van der Waals surface area contributed by atoms with Gasteiger partial charge in [-0.2, -0.15) is 0 Å². The number of aliphatic hydroxyl groups excluding tert-OH is 4. The largest absolute Gasteiger partial charge is 0.508 e. The number of phenolic OH excluding ortho intramolecular Hbond substituents is 1. The van der Waals surface area contributed by atoms with E-state index in [1.54, 1.807) is 12.1 Å². The molecule has 6 unspecified atom stereocenters. The van der Waals surface area contributed by atoms with Gasteiger partial charge in [0.1, 0.15) is 30.2 Å². The van der Waals surface area contributed by atoms with Crippen molar-refractivity contribution in [3.05, 3.63) is 29.8 Å². The first-order valence-electron chi connectivity index (χ1n) is 7.80. The van der Waals surface area contributed by atoms with Crippen molar-refractivity contribution in [2.24, 2.45) is 0 Å². The van der Waals surface area contributed by atoms with E-state index in [-0.39, 0.29) is 18.6 Å². The fourth-order valence-corrected chi connectivity index (χ4v) is 2.63. The summed E-state index contributed by atoms with van der Waals surface area (Å²) in [5, 5.41) is 57.3. The van der Waals surface area contributed by atoms with E-state index in [0.29, 0.717) is 5.56 Å². The standard InChI is InChI=1S/C16H22O9/c17-7-11-13(21)14(22)15(23)16(25-11)24-10(4-5-12(19)20)8-2-1-3-9(18)6-8/h1-3,6,10-11,13-18,21-23H,4-5,7H2,(H,19,20). The second-order valence-electron chi connectivity index (χ2n) is 5.85. The number of hydrogen-bond acceptors (Lipinski definition) is 8. The number of aliphatic hydroxyl groups is 4. The lowest BCUT2D eigenvalue weighted by Gasteiger charge is -2.40. The van der Waals surface area contributed by atoms with Crippen LogP contribution in [0.3, 0.4) is 0 Å². The first-order chi connectivity index (χ1) is 11.8. The van der Waals surface area contributed by atoms with Gasteiger partial charge in [0.15, 0.2) is 6.29 Å². The fraction of sp³-hybridized carbons (Fsp3) is 0.562. The number of carbonyl (C=O) groups is 1. The first-order valence-corrected chi connectivity index (χ1v) is 7.80. The van der Waals surface area contributed by atoms with Crippen LogP contribution in [0.1, 0.15) is 24.5 Å². The highest BCUT2D eigenvalue weighted by atomic mass is 16.7. The van der Waals surface area contributed by atoms with E-state index in [2.05, 4.69) is 0 Å². The molecule has 25 heavy (non-hydrogen) atoms. The van der Waals surface area contributed by atoms with E-state index in [1.807, 2.05) is 0 Å². The summed E-state index contributed by atoms with van der Waals surface area (Å²) in [4.78, 5) is 10.9. The number of benzene rings is 1. The maximum Gasteiger partial charge on any atom is 0.303 e. The third-order valence-corrected chi connectivity index (χ3v) is 4.01. The highest BCUT2D eigenvalue weighted by Gasteiger charge is 2.44. The molecule has 0 bridgehead atoms. The van der Waals surface area contributed by atoms with Crippen LogP contribution in [0, 0.1) is 0 Å². The highest BCUT2D eigenvalue weighted by Crippen LogP contribution is 2.31. The van der Waals surface area contributed by atoms with Crippen molar-refractivity contribution >= 4 is 5.97 Å². The minimum absolute atomic E-state index is 0.0216. The van der Waals surface area contributed by atoms with Gasteiger partial charge >= 0.3 is 5.97 Å². The minimum Gasteiger partial charge on any atom is -0.508 e. The molecule has 1 aliphatic rings. The number of carboxylic acids is 1. The Morgan fingerprint density at radius 3 is 2.52 bits per heavy atom. The Kier molecular flexibility index (Phi) is 6.71. The van der Waals surface area contributed by atoms with E-state index < -0.39 is 49.4 Å². The molecule has 6 N–H and O–H groups in total. The molecule has 1 aromatic rings. The number of hydrogen-bond donors (Lipinski definition) is 6. The molecule has 0 aromatic heterocycles. The predicted octanol–water partition coefficient (Wildman–Crippen LogP) is -0.885. The van der Waals surface area contributed by atoms with Crippen molar-refractivity contribution in [2.45, 2.75) is 49.7 Å². The Bertz CT molecular complexity index is 576. The topological polar surface area (TPSA) is 157 Å². The van der Waals surface area contributed by atoms with Crippen LogP contribution in [-0.4, -0.2) is 73.9 Å². The van der Waals surface area contributed by atoms with E-state index >= 15 is 0 Å². The van der Waals surface area contributed by atoms with Crippen molar-refractivity contribution in [3.8, 4) is 5.75 Å². The zero-order chi connectivity index (χ0) is 18.6. The van der Waals surface area contributed by atoms with E-state index in [0.717, 1.165) is 0 Å². The predicted molar refractivity (Wildman–Crippen MR) is 82.6 cm³/mol. The van der Waals surface area contributed by atoms with E-state index in [4.69, 9.17) is 14.6 Å². The Labute approximate surface area is 143 Å². The molecular formula is C16H22O9. The lowest BCUT2D eigenvalue weighted by molar-refractivity contribution is -0.313. The lowest BCUT2D eigenvalue weighted by atomic mass is 9.98. The molecule has 9 nitrogen and oxygen atoms in total. The van der Waals surface area contributed by atoms with Gasteiger partial charge in [-0.15, -0.1) is 0 Å². The van der Waals surface area contributed by atoms with Crippen LogP contribution in [0.5, 0.6) is 5.75 Å². The highest BCUT2D eigenvalue weighted by molar-refractivity contribution is 5.66. The van der Waals surface area contributed by atoms with Crippen LogP contribution in [0.25, 0.3) is 0 Å². The zero-order valence-electron chi connectivity index (χ0n) is 13.3. The second kappa shape index (κ2) is 8.56. The summed E-state index contributed by atoms with van der Waals surface area (Å²) in [6.07, 6.45) is -8.30. The van der Waals surface area contributed by atoms with E-state index in [9.17, 15) is 30.3 Å². The number of aliphatic carboxylic acids is 1. The maximum absolute atomic E-state index is 10.9. The van der Waals surface area contributed by atoms with Crippen LogP contribution in [-0.2, 0) is 14.3 Å². The van der Waals surface area contributed by atoms with Crippen molar-refractivity contribution in [1.82, 2.24) is 0 Å². The Balaban J connectivity index is 2.18. The van der Waals surface area contributed by atoms with Crippen LogP contribution < -0.4 is 0 Å². The quantitative estimate of drug-likeness (QED) is 0.364. The minimum atomic E-state index is -1.60. The second-order valence-corrected chi connectivity index (χ2v) is 5.85. The number of aromatic hydroxyl groups is 1. The first kappa shape index (κ1) is 19.6. The average Bonchev–Trinajstić information content (AvgIpc) is 2.58. The third-order valence-electron chi connectivity index (χ3n) is 4.01. The molecule has 1 heterocycles. The maximum atomic E-state index is 10.9. The van der Waals surface area contributed by atoms with Gasteiger partial charge in [0, 0.05) is 6.42 Å². The normalized spacial score (nSPS) is 30.8. The van der Waals surface area contributed by atoms with E-state index in [1.165, 1.54) is 12.1 Å². The van der Waals surface area contributed by atoms with Gasteiger partial charge in [0.2, 0.25) is 0 Å². The van der Waals surface area contributed by atoms with Crippen molar-refractivity contribution in [2.75, 3.05) is 6.61 Å². The summed E-state index contributed by atoms with van der Waals surface area (Å²) in [5.74, 6) is -1.10. The summed E-state index contributed by atoms with van der Waals surface area (Å²) in [6.45, 7) is -0.600. The summed E-state index contributed by atoms with van der Waals surface area (Å²) >= 11 is 0. The third kappa shape index (κ3) is 4.88. The monoisotopic (exact) mass is 358 g/mol. The van der Waals surface area contributed by atoms with Gasteiger partial charge < -0.3 is 40.1 Å². The molecule has 1 fully saturated rings. The van der Waals surface area contributed by atoms with Crippen LogP contribution >= 0.6 is 0 Å². The van der Waals surface area contributed by atoms with Gasteiger partial charge in [0.05, 0.1) is 12.7 Å². The van der Waals surface area contributed by atoms with Crippen LogP contribution in [0.15, 0.2) is 24.3 Å². The van der Waals surface area contributed by atoms with Crippen molar-refractivity contribution in [3.63, 3.8) is 0 Å². The smallest absolute Gasteiger partial charge is 0.303 e. The molecule has 9 heteroatoms. The Hall–Kier alpha value is -1.75. The molecule has 1 saturated heterocycles. The number of rotatable bonds is 7. The molecule has 0 radical (unpaired) electrons. The molecule has 0 amide bonds. The fourth-order valence-electron chi connectivity index (χ4n) is 2.63. The van der Waals surface area contributed by atoms with Gasteiger partial charge in [-0.3, -0.25) is 4.79 Å². The van der Waals surface area contributed by atoms with Gasteiger partial charge in [-0.1, -0.05) is 12.1 Å². The lowest BCUT2D eigenvalue weighted by Crippen LogP contribution is -2.59. The summed E-state index contributed by atoms with van der Waals surface area (Å²) in [7, 11) is 0.